The Morgan fingerprint density at radius 2 is 2.14 bits per heavy atom. The van der Waals surface area contributed by atoms with E-state index in [-0.39, 0.29) is 5.75 Å². The zero-order valence-corrected chi connectivity index (χ0v) is 4.01. The van der Waals surface area contributed by atoms with E-state index in [0.717, 1.165) is 6.07 Å². The van der Waals surface area contributed by atoms with Gasteiger partial charge in [0.1, 0.15) is 0 Å². The van der Waals surface area contributed by atoms with Gasteiger partial charge >= 0.3 is 0 Å². The molecule has 7 heavy (non-hydrogen) atoms. The molecular formula is C2H2NO3S. The second-order valence-electron chi connectivity index (χ2n) is 0.762. The van der Waals surface area contributed by atoms with Gasteiger partial charge in [0.25, 0.3) is 10.1 Å². The predicted octanol–water partition coefficient (Wildman–Crippen LogP) is -0.440. The Morgan fingerprint density at radius 3 is 2.14 bits per heavy atom. The van der Waals surface area contributed by atoms with E-state index in [0.29, 0.717) is 0 Å². The van der Waals surface area contributed by atoms with E-state index in [1.165, 1.54) is 0 Å². The van der Waals surface area contributed by atoms with Crippen molar-refractivity contribution >= 4 is 10.1 Å². The second-order valence-corrected chi connectivity index (χ2v) is 2.03. The molecular weight excluding hydrogens is 118 g/mol. The zero-order chi connectivity index (χ0) is 5.91. The van der Waals surface area contributed by atoms with E-state index in [1.54, 1.807) is 0 Å². The molecule has 0 aliphatic rings. The average molecular weight is 120 g/mol. The summed E-state index contributed by atoms with van der Waals surface area (Å²) in [4.78, 5) is 0. The van der Waals surface area contributed by atoms with Crippen LogP contribution in [0.15, 0.2) is 0 Å². The van der Waals surface area contributed by atoms with Gasteiger partial charge in [-0.2, -0.15) is 13.7 Å². The van der Waals surface area contributed by atoms with Gasteiger partial charge in [-0.25, -0.2) is 0 Å². The van der Waals surface area contributed by atoms with Crippen molar-refractivity contribution in [2.75, 3.05) is 0 Å². The van der Waals surface area contributed by atoms with E-state index >= 15 is 0 Å². The lowest BCUT2D eigenvalue weighted by Gasteiger charge is -1.76. The molecule has 0 amide bonds. The Hall–Kier alpha value is -0.600. The molecule has 0 aliphatic heterocycles. The highest BCUT2D eigenvalue weighted by atomic mass is 32.2. The fourth-order valence-corrected chi connectivity index (χ4v) is 0.200. The van der Waals surface area contributed by atoms with Crippen molar-refractivity contribution in [2.45, 2.75) is 0 Å². The van der Waals surface area contributed by atoms with Gasteiger partial charge < -0.3 is 0 Å². The third-order valence-electron chi connectivity index (χ3n) is 0.202. The first kappa shape index (κ1) is 6.40. The summed E-state index contributed by atoms with van der Waals surface area (Å²) in [7, 11) is -4.16. The zero-order valence-electron chi connectivity index (χ0n) is 3.20. The number of nitrogens with zero attached hydrogens (tertiary/aromatic N) is 1. The molecule has 39 valence electrons. The molecule has 0 aromatic rings. The third-order valence-corrected chi connectivity index (χ3v) is 0.605. The van der Waals surface area contributed by atoms with Crippen molar-refractivity contribution < 1.29 is 13.0 Å². The van der Waals surface area contributed by atoms with Gasteiger partial charge in [-0.3, -0.25) is 4.55 Å². The largest absolute Gasteiger partial charge is 0.284 e. The normalized spacial score (nSPS) is 10.3. The van der Waals surface area contributed by atoms with Crippen LogP contribution in [0.3, 0.4) is 0 Å². The molecule has 0 heterocycles. The first-order valence-electron chi connectivity index (χ1n) is 1.26. The molecule has 1 N–H and O–H groups in total. The van der Waals surface area contributed by atoms with Crippen molar-refractivity contribution in [3.8, 4) is 6.07 Å². The lowest BCUT2D eigenvalue weighted by atomic mass is 10.9. The van der Waals surface area contributed by atoms with Crippen LogP contribution in [0.5, 0.6) is 0 Å². The maximum atomic E-state index is 9.51. The minimum atomic E-state index is -4.16. The van der Waals surface area contributed by atoms with Crippen LogP contribution in [-0.4, -0.2) is 13.0 Å². The van der Waals surface area contributed by atoms with Gasteiger partial charge in [-0.05, 0) is 0 Å². The Bertz CT molecular complexity index is 174. The van der Waals surface area contributed by atoms with Crippen LogP contribution in [0.1, 0.15) is 0 Å². The Kier molecular flexibility index (Phi) is 1.75. The Morgan fingerprint density at radius 1 is 1.71 bits per heavy atom. The summed E-state index contributed by atoms with van der Waals surface area (Å²) in [5, 5.41) is 7.56. The summed E-state index contributed by atoms with van der Waals surface area (Å²) < 4.78 is 26.7. The fraction of sp³-hybridized carbons (Fsp3) is 0. The second kappa shape index (κ2) is 1.91. The molecule has 1 radical (unpaired) electrons. The molecule has 0 saturated heterocycles. The molecule has 0 aliphatic carbocycles. The molecule has 0 bridgehead atoms. The lowest BCUT2D eigenvalue weighted by Crippen LogP contribution is -1.93. The highest BCUT2D eigenvalue weighted by Gasteiger charge is 2.00. The molecule has 0 spiro atoms. The highest BCUT2D eigenvalue weighted by Crippen LogP contribution is 1.82. The summed E-state index contributed by atoms with van der Waals surface area (Å²) in [6.45, 7) is 0. The SMILES string of the molecule is N#C[CH]S(=O)(=O)O. The Labute approximate surface area is 41.1 Å². The van der Waals surface area contributed by atoms with E-state index in [4.69, 9.17) is 9.81 Å². The van der Waals surface area contributed by atoms with Gasteiger partial charge in [-0.15, -0.1) is 0 Å². The number of hydrogen-bond acceptors (Lipinski definition) is 3. The van der Waals surface area contributed by atoms with Crippen molar-refractivity contribution in [2.24, 2.45) is 0 Å². The number of rotatable bonds is 1. The maximum absolute atomic E-state index is 9.51. The van der Waals surface area contributed by atoms with Crippen LogP contribution in [-0.2, 0) is 10.1 Å². The Balaban J connectivity index is 3.92. The average Bonchev–Trinajstić information content (AvgIpc) is 1.30. The van der Waals surface area contributed by atoms with Crippen LogP contribution < -0.4 is 0 Å². The van der Waals surface area contributed by atoms with Crippen LogP contribution in [0, 0.1) is 17.1 Å². The molecule has 0 aromatic carbocycles. The van der Waals surface area contributed by atoms with E-state index < -0.39 is 10.1 Å². The molecule has 0 rings (SSSR count). The van der Waals surface area contributed by atoms with Gasteiger partial charge in [0.2, 0.25) is 5.75 Å². The van der Waals surface area contributed by atoms with Crippen molar-refractivity contribution in [3.05, 3.63) is 5.75 Å². The van der Waals surface area contributed by atoms with Crippen LogP contribution in [0.2, 0.25) is 0 Å². The monoisotopic (exact) mass is 120 g/mol. The molecule has 4 nitrogen and oxygen atoms in total. The molecule has 0 unspecified atom stereocenters. The number of hydrogen-bond donors (Lipinski definition) is 1. The quantitative estimate of drug-likeness (QED) is 0.476. The minimum absolute atomic E-state index is 0.146. The topological polar surface area (TPSA) is 78.2 Å². The molecule has 0 fully saturated rings. The van der Waals surface area contributed by atoms with Crippen LogP contribution in [0.4, 0.5) is 0 Å². The minimum Gasteiger partial charge on any atom is -0.284 e. The standard InChI is InChI=1S/C2H2NO3S/c3-1-2-7(4,5)6/h2H,(H,4,5,6). The van der Waals surface area contributed by atoms with E-state index in [1.807, 2.05) is 0 Å². The van der Waals surface area contributed by atoms with Gasteiger partial charge in [-0.1, -0.05) is 0 Å². The first-order valence-corrected chi connectivity index (χ1v) is 2.77. The van der Waals surface area contributed by atoms with Crippen molar-refractivity contribution in [1.82, 2.24) is 0 Å². The summed E-state index contributed by atoms with van der Waals surface area (Å²) in [6.07, 6.45) is 0. The van der Waals surface area contributed by atoms with Gasteiger partial charge in [0.15, 0.2) is 0 Å². The van der Waals surface area contributed by atoms with Gasteiger partial charge in [0, 0.05) is 0 Å². The van der Waals surface area contributed by atoms with E-state index in [9.17, 15) is 8.42 Å². The summed E-state index contributed by atoms with van der Waals surface area (Å²) >= 11 is 0. The van der Waals surface area contributed by atoms with Crippen molar-refractivity contribution in [1.29, 1.82) is 5.26 Å². The smallest absolute Gasteiger partial charge is 0.283 e. The first-order chi connectivity index (χ1) is 3.06. The molecule has 0 atom stereocenters. The summed E-state index contributed by atoms with van der Waals surface area (Å²) in [6, 6.07) is 1.14. The number of nitriles is 1. The molecule has 0 saturated carbocycles. The van der Waals surface area contributed by atoms with Crippen molar-refractivity contribution in [3.63, 3.8) is 0 Å². The van der Waals surface area contributed by atoms with Crippen LogP contribution in [0.25, 0.3) is 0 Å². The fourth-order valence-electron chi connectivity index (χ4n) is 0.0666. The highest BCUT2D eigenvalue weighted by molar-refractivity contribution is 7.88. The predicted molar refractivity (Wildman–Crippen MR) is 21.5 cm³/mol. The van der Waals surface area contributed by atoms with Crippen LogP contribution >= 0.6 is 0 Å². The van der Waals surface area contributed by atoms with Gasteiger partial charge in [0.05, 0.1) is 6.07 Å². The third kappa shape index (κ3) is 5.40. The lowest BCUT2D eigenvalue weighted by molar-refractivity contribution is 0.492. The molecule has 0 aromatic heterocycles. The summed E-state index contributed by atoms with van der Waals surface area (Å²) in [5.41, 5.74) is 0. The van der Waals surface area contributed by atoms with E-state index in [2.05, 4.69) is 0 Å². The molecule has 5 heteroatoms. The maximum Gasteiger partial charge on any atom is 0.283 e. The summed E-state index contributed by atoms with van der Waals surface area (Å²) in [5.74, 6) is 0.146.